The van der Waals surface area contributed by atoms with Crippen molar-refractivity contribution in [1.29, 1.82) is 0 Å². The second-order valence-corrected chi connectivity index (χ2v) is 12.9. The first-order valence-electron chi connectivity index (χ1n) is 6.05. The van der Waals surface area contributed by atoms with Gasteiger partial charge in [-0.3, -0.25) is 0 Å². The van der Waals surface area contributed by atoms with Gasteiger partial charge in [0, 0.05) is 0 Å². The third-order valence-corrected chi connectivity index (χ3v) is 13.7. The molecule has 17 heavy (non-hydrogen) atoms. The Hall–Kier alpha value is -0.872. The first-order chi connectivity index (χ1) is 8.33. The van der Waals surface area contributed by atoms with Gasteiger partial charge in [-0.1, -0.05) is 0 Å². The van der Waals surface area contributed by atoms with E-state index in [0.29, 0.717) is 0 Å². The number of allylic oxidation sites excluding steroid dienone is 10. The van der Waals surface area contributed by atoms with Crippen molar-refractivity contribution in [2.45, 2.75) is 22.5 Å². The molecule has 1 heteroatoms. The van der Waals surface area contributed by atoms with Gasteiger partial charge in [-0.15, -0.1) is 0 Å². The molecule has 0 N–H and O–H groups in total. The van der Waals surface area contributed by atoms with Crippen molar-refractivity contribution >= 4 is 0 Å². The summed E-state index contributed by atoms with van der Waals surface area (Å²) in [6, 6.07) is 0. The average Bonchev–Trinajstić information content (AvgIpc) is 3.02. The molecule has 0 saturated carbocycles. The summed E-state index contributed by atoms with van der Waals surface area (Å²) >= 11 is -2.19. The van der Waals surface area contributed by atoms with Crippen LogP contribution in [0.2, 0.25) is 9.62 Å². The van der Waals surface area contributed by atoms with E-state index < -0.39 is 16.1 Å². The molecule has 0 aromatic carbocycles. The summed E-state index contributed by atoms with van der Waals surface area (Å²) < 4.78 is 3.39. The second kappa shape index (κ2) is 5.65. The van der Waals surface area contributed by atoms with Gasteiger partial charge in [0.15, 0.2) is 0 Å². The Kier molecular flexibility index (Phi) is 4.18. The van der Waals surface area contributed by atoms with E-state index in [2.05, 4.69) is 61.8 Å². The van der Waals surface area contributed by atoms with Crippen molar-refractivity contribution in [3.63, 3.8) is 0 Å². The van der Waals surface area contributed by atoms with Crippen LogP contribution in [0.4, 0.5) is 0 Å². The predicted octanol–water partition coefficient (Wildman–Crippen LogP) is 5.04. The molecule has 2 rings (SSSR count). The predicted molar refractivity (Wildman–Crippen MR) is 73.7 cm³/mol. The van der Waals surface area contributed by atoms with Crippen molar-refractivity contribution in [2.24, 2.45) is 0 Å². The molecule has 0 amide bonds. The SMILES string of the molecule is C=C[CH2][Mo]([CH2]C=C)([C]1=CC=CC1)[C]1=CC=CC1. The van der Waals surface area contributed by atoms with Crippen LogP contribution in [0.15, 0.2) is 69.7 Å². The zero-order valence-electron chi connectivity index (χ0n) is 10.3. The first kappa shape index (κ1) is 12.6. The Labute approximate surface area is 108 Å². The van der Waals surface area contributed by atoms with Crippen LogP contribution in [-0.2, 0) is 16.1 Å². The van der Waals surface area contributed by atoms with Crippen molar-refractivity contribution in [1.82, 2.24) is 0 Å². The van der Waals surface area contributed by atoms with Crippen LogP contribution in [-0.4, -0.2) is 0 Å². The molecule has 0 aromatic rings. The fourth-order valence-electron chi connectivity index (χ4n) is 2.50. The van der Waals surface area contributed by atoms with Crippen LogP contribution in [0.3, 0.4) is 0 Å². The van der Waals surface area contributed by atoms with Gasteiger partial charge in [0.25, 0.3) is 0 Å². The van der Waals surface area contributed by atoms with Crippen molar-refractivity contribution in [3.8, 4) is 0 Å². The van der Waals surface area contributed by atoms with Crippen LogP contribution < -0.4 is 0 Å². The van der Waals surface area contributed by atoms with E-state index in [4.69, 9.17) is 0 Å². The van der Waals surface area contributed by atoms with Gasteiger partial charge in [0.2, 0.25) is 0 Å². The van der Waals surface area contributed by atoms with E-state index in [9.17, 15) is 0 Å². The topological polar surface area (TPSA) is 0 Å². The summed E-state index contributed by atoms with van der Waals surface area (Å²) in [5, 5.41) is 0. The van der Waals surface area contributed by atoms with Crippen LogP contribution in [0.5, 0.6) is 0 Å². The van der Waals surface area contributed by atoms with Crippen molar-refractivity contribution in [3.05, 3.63) is 69.7 Å². The van der Waals surface area contributed by atoms with E-state index in [1.807, 2.05) is 0 Å². The van der Waals surface area contributed by atoms with Gasteiger partial charge >= 0.3 is 108 Å². The zero-order valence-corrected chi connectivity index (χ0v) is 12.3. The Bertz CT molecular complexity index is 390. The molecule has 0 atom stereocenters. The zero-order chi connectivity index (χ0) is 12.1. The van der Waals surface area contributed by atoms with Gasteiger partial charge in [0.05, 0.1) is 0 Å². The Balaban J connectivity index is 2.37. The monoisotopic (exact) mass is 310 g/mol. The fraction of sp³-hybridized carbons (Fsp3) is 0.250. The van der Waals surface area contributed by atoms with Crippen LogP contribution >= 0.6 is 0 Å². The molecule has 0 bridgehead atoms. The van der Waals surface area contributed by atoms with E-state index in [1.165, 1.54) is 9.62 Å². The molecular weight excluding hydrogens is 288 g/mol. The summed E-state index contributed by atoms with van der Waals surface area (Å²) in [6.07, 6.45) is 20.3. The summed E-state index contributed by atoms with van der Waals surface area (Å²) in [4.78, 5) is 2.38. The molecule has 0 unspecified atom stereocenters. The normalized spacial score (nSPS) is 19.1. The first-order valence-corrected chi connectivity index (χ1v) is 10.9. The molecule has 0 fully saturated rings. The summed E-state index contributed by atoms with van der Waals surface area (Å²) in [7, 11) is 0. The third-order valence-electron chi connectivity index (χ3n) is 3.28. The maximum absolute atomic E-state index is 3.99. The molecule has 2 aliphatic carbocycles. The van der Waals surface area contributed by atoms with Crippen LogP contribution in [0, 0.1) is 0 Å². The molecule has 0 aromatic heterocycles. The third kappa shape index (κ3) is 2.38. The summed E-state index contributed by atoms with van der Waals surface area (Å²) in [5.41, 5.74) is 0. The Morgan fingerprint density at radius 2 is 1.41 bits per heavy atom. The number of hydrogen-bond donors (Lipinski definition) is 0. The van der Waals surface area contributed by atoms with Gasteiger partial charge in [-0.2, -0.15) is 0 Å². The number of rotatable bonds is 6. The van der Waals surface area contributed by atoms with E-state index in [0.717, 1.165) is 12.8 Å². The van der Waals surface area contributed by atoms with Crippen molar-refractivity contribution < 1.29 is 16.1 Å². The molecule has 0 aliphatic heterocycles. The fourth-order valence-corrected chi connectivity index (χ4v) is 11.5. The minimum absolute atomic E-state index is 1.15. The maximum atomic E-state index is 3.99. The van der Waals surface area contributed by atoms with E-state index in [-0.39, 0.29) is 0 Å². The Morgan fingerprint density at radius 1 is 0.941 bits per heavy atom. The molecule has 0 radical (unpaired) electrons. The summed E-state index contributed by atoms with van der Waals surface area (Å²) in [5.74, 6) is 0. The van der Waals surface area contributed by atoms with Crippen LogP contribution in [0.25, 0.3) is 0 Å². The summed E-state index contributed by atoms with van der Waals surface area (Å²) in [6.45, 7) is 7.98. The molecular formula is C16H20Mo. The standard InChI is InChI=1S/2C5H5.2C3H5.Mo/c2*1-2-4-5-3-1;2*1-3-2;/h2*1-3H,4H2;2*3H,1-2H2;. The van der Waals surface area contributed by atoms with E-state index >= 15 is 0 Å². The molecule has 2 aliphatic rings. The Morgan fingerprint density at radius 3 is 1.71 bits per heavy atom. The van der Waals surface area contributed by atoms with Gasteiger partial charge < -0.3 is 0 Å². The molecule has 0 spiro atoms. The van der Waals surface area contributed by atoms with E-state index in [1.54, 1.807) is 7.93 Å². The molecule has 0 nitrogen and oxygen atoms in total. The minimum atomic E-state index is -2.19. The quantitative estimate of drug-likeness (QED) is 0.476. The van der Waals surface area contributed by atoms with Gasteiger partial charge in [-0.05, 0) is 0 Å². The average molecular weight is 308 g/mol. The van der Waals surface area contributed by atoms with Crippen LogP contribution in [0.1, 0.15) is 12.8 Å². The second-order valence-electron chi connectivity index (χ2n) is 4.32. The molecule has 0 saturated heterocycles. The molecule has 0 heterocycles. The molecule has 90 valence electrons. The van der Waals surface area contributed by atoms with Crippen molar-refractivity contribution in [2.75, 3.05) is 0 Å². The number of hydrogen-bond acceptors (Lipinski definition) is 0. The van der Waals surface area contributed by atoms with Gasteiger partial charge in [0.1, 0.15) is 0 Å². The van der Waals surface area contributed by atoms with Gasteiger partial charge in [-0.25, -0.2) is 0 Å².